The Morgan fingerprint density at radius 1 is 1.10 bits per heavy atom. The second-order valence-corrected chi connectivity index (χ2v) is 4.11. The van der Waals surface area contributed by atoms with E-state index in [1.807, 2.05) is 0 Å². The first-order valence-corrected chi connectivity index (χ1v) is 5.82. The SMILES string of the molecule is O=C(NO)c1ccc(NCc2cc(F)ccc2F)cc1. The molecule has 0 fully saturated rings. The quantitative estimate of drug-likeness (QED) is 0.595. The van der Waals surface area contributed by atoms with Crippen LogP contribution in [0.5, 0.6) is 0 Å². The van der Waals surface area contributed by atoms with Gasteiger partial charge in [-0.2, -0.15) is 0 Å². The van der Waals surface area contributed by atoms with Crippen molar-refractivity contribution < 1.29 is 18.8 Å². The van der Waals surface area contributed by atoms with Gasteiger partial charge < -0.3 is 5.32 Å². The van der Waals surface area contributed by atoms with Crippen LogP contribution in [0.15, 0.2) is 42.5 Å². The van der Waals surface area contributed by atoms with E-state index in [0.29, 0.717) is 5.69 Å². The Kier molecular flexibility index (Phi) is 4.27. The number of carbonyl (C=O) groups is 1. The fourth-order valence-electron chi connectivity index (χ4n) is 1.68. The average Bonchev–Trinajstić information content (AvgIpc) is 2.48. The van der Waals surface area contributed by atoms with E-state index in [-0.39, 0.29) is 17.7 Å². The van der Waals surface area contributed by atoms with Crippen molar-refractivity contribution in [3.8, 4) is 0 Å². The summed E-state index contributed by atoms with van der Waals surface area (Å²) < 4.78 is 26.4. The lowest BCUT2D eigenvalue weighted by atomic mass is 10.1. The average molecular weight is 278 g/mol. The third kappa shape index (κ3) is 3.30. The molecule has 2 rings (SSSR count). The maximum Gasteiger partial charge on any atom is 0.274 e. The summed E-state index contributed by atoms with van der Waals surface area (Å²) in [5.41, 5.74) is 2.66. The number of benzene rings is 2. The van der Waals surface area contributed by atoms with Crippen molar-refractivity contribution in [2.75, 3.05) is 5.32 Å². The van der Waals surface area contributed by atoms with Crippen molar-refractivity contribution in [3.63, 3.8) is 0 Å². The van der Waals surface area contributed by atoms with Crippen molar-refractivity contribution in [1.82, 2.24) is 5.48 Å². The van der Waals surface area contributed by atoms with Crippen LogP contribution in [0.25, 0.3) is 0 Å². The summed E-state index contributed by atoms with van der Waals surface area (Å²) in [7, 11) is 0. The van der Waals surface area contributed by atoms with Crippen molar-refractivity contribution in [2.45, 2.75) is 6.54 Å². The minimum Gasteiger partial charge on any atom is -0.381 e. The Morgan fingerprint density at radius 2 is 1.80 bits per heavy atom. The molecular weight excluding hydrogens is 266 g/mol. The van der Waals surface area contributed by atoms with Gasteiger partial charge in [0, 0.05) is 23.4 Å². The van der Waals surface area contributed by atoms with Crippen LogP contribution in [0.4, 0.5) is 14.5 Å². The van der Waals surface area contributed by atoms with E-state index in [9.17, 15) is 13.6 Å². The summed E-state index contributed by atoms with van der Waals surface area (Å²) in [4.78, 5) is 11.1. The van der Waals surface area contributed by atoms with Crippen LogP contribution >= 0.6 is 0 Å². The van der Waals surface area contributed by atoms with Gasteiger partial charge in [-0.15, -0.1) is 0 Å². The summed E-state index contributed by atoms with van der Waals surface area (Å²) in [5, 5.41) is 11.4. The molecule has 0 radical (unpaired) electrons. The molecule has 0 aromatic heterocycles. The predicted molar refractivity (Wildman–Crippen MR) is 69.4 cm³/mol. The summed E-state index contributed by atoms with van der Waals surface area (Å²) in [6, 6.07) is 9.44. The number of hydrogen-bond acceptors (Lipinski definition) is 3. The molecule has 0 heterocycles. The van der Waals surface area contributed by atoms with Crippen molar-refractivity contribution >= 4 is 11.6 Å². The number of anilines is 1. The number of carbonyl (C=O) groups excluding carboxylic acids is 1. The van der Waals surface area contributed by atoms with E-state index >= 15 is 0 Å². The van der Waals surface area contributed by atoms with Gasteiger partial charge in [0.1, 0.15) is 11.6 Å². The molecule has 0 atom stereocenters. The topological polar surface area (TPSA) is 61.4 Å². The fourth-order valence-corrected chi connectivity index (χ4v) is 1.68. The Morgan fingerprint density at radius 3 is 2.45 bits per heavy atom. The Labute approximate surface area is 114 Å². The molecular formula is C14H12F2N2O2. The van der Waals surface area contributed by atoms with E-state index in [0.717, 1.165) is 18.2 Å². The first-order valence-electron chi connectivity index (χ1n) is 5.82. The van der Waals surface area contributed by atoms with Crippen LogP contribution in [-0.4, -0.2) is 11.1 Å². The highest BCUT2D eigenvalue weighted by atomic mass is 19.1. The van der Waals surface area contributed by atoms with E-state index in [4.69, 9.17) is 5.21 Å². The smallest absolute Gasteiger partial charge is 0.274 e. The lowest BCUT2D eigenvalue weighted by Gasteiger charge is -2.08. The van der Waals surface area contributed by atoms with Crippen LogP contribution in [0, 0.1) is 11.6 Å². The van der Waals surface area contributed by atoms with Crippen LogP contribution in [0.1, 0.15) is 15.9 Å². The number of nitrogens with one attached hydrogen (secondary N) is 2. The molecule has 1 amide bonds. The fraction of sp³-hybridized carbons (Fsp3) is 0.0714. The molecule has 4 nitrogen and oxygen atoms in total. The largest absolute Gasteiger partial charge is 0.381 e. The number of hydroxylamine groups is 1. The maximum absolute atomic E-state index is 13.4. The lowest BCUT2D eigenvalue weighted by molar-refractivity contribution is 0.0706. The first kappa shape index (κ1) is 14.0. The summed E-state index contributed by atoms with van der Waals surface area (Å²) in [6.45, 7) is 0.120. The molecule has 0 saturated carbocycles. The molecule has 104 valence electrons. The van der Waals surface area contributed by atoms with Gasteiger partial charge in [-0.3, -0.25) is 10.0 Å². The van der Waals surface area contributed by atoms with Gasteiger partial charge in [0.05, 0.1) is 0 Å². The number of amides is 1. The lowest BCUT2D eigenvalue weighted by Crippen LogP contribution is -2.18. The first-order chi connectivity index (χ1) is 9.60. The zero-order valence-electron chi connectivity index (χ0n) is 10.4. The van der Waals surface area contributed by atoms with E-state index in [2.05, 4.69) is 5.32 Å². The minimum absolute atomic E-state index is 0.120. The van der Waals surface area contributed by atoms with Crippen LogP contribution in [0.2, 0.25) is 0 Å². The van der Waals surface area contributed by atoms with Crippen molar-refractivity contribution in [2.24, 2.45) is 0 Å². The van der Waals surface area contributed by atoms with Crippen molar-refractivity contribution in [3.05, 3.63) is 65.2 Å². The molecule has 0 unspecified atom stereocenters. The molecule has 0 bridgehead atoms. The third-order valence-corrected chi connectivity index (χ3v) is 2.74. The summed E-state index contributed by atoms with van der Waals surface area (Å²) in [5.74, 6) is -1.61. The molecule has 0 saturated heterocycles. The third-order valence-electron chi connectivity index (χ3n) is 2.74. The van der Waals surface area contributed by atoms with Crippen LogP contribution in [0.3, 0.4) is 0 Å². The molecule has 0 aliphatic rings. The molecule has 3 N–H and O–H groups in total. The van der Waals surface area contributed by atoms with Gasteiger partial charge in [0.25, 0.3) is 5.91 Å². The standard InChI is InChI=1S/C14H12F2N2O2/c15-11-3-6-13(16)10(7-11)8-17-12-4-1-9(2-5-12)14(19)18-20/h1-7,17,20H,8H2,(H,18,19). The summed E-state index contributed by atoms with van der Waals surface area (Å²) in [6.07, 6.45) is 0. The predicted octanol–water partition coefficient (Wildman–Crippen LogP) is 2.70. The van der Waals surface area contributed by atoms with Crippen LogP contribution in [-0.2, 0) is 6.54 Å². The second kappa shape index (κ2) is 6.12. The molecule has 0 aliphatic carbocycles. The van der Waals surface area contributed by atoms with Crippen LogP contribution < -0.4 is 10.8 Å². The van der Waals surface area contributed by atoms with Gasteiger partial charge in [-0.1, -0.05) is 0 Å². The van der Waals surface area contributed by atoms with Gasteiger partial charge in [0.2, 0.25) is 0 Å². The minimum atomic E-state index is -0.618. The highest BCUT2D eigenvalue weighted by Crippen LogP contribution is 2.14. The molecule has 2 aromatic carbocycles. The molecule has 20 heavy (non-hydrogen) atoms. The molecule has 2 aromatic rings. The molecule has 0 aliphatic heterocycles. The Balaban J connectivity index is 2.04. The highest BCUT2D eigenvalue weighted by Gasteiger charge is 2.05. The molecule has 0 spiro atoms. The zero-order valence-corrected chi connectivity index (χ0v) is 10.4. The van der Waals surface area contributed by atoms with Crippen molar-refractivity contribution in [1.29, 1.82) is 0 Å². The summed E-state index contributed by atoms with van der Waals surface area (Å²) >= 11 is 0. The maximum atomic E-state index is 13.4. The number of halogens is 2. The van der Waals surface area contributed by atoms with Gasteiger partial charge in [0.15, 0.2) is 0 Å². The highest BCUT2D eigenvalue weighted by molar-refractivity contribution is 5.93. The van der Waals surface area contributed by atoms with Gasteiger partial charge in [-0.05, 0) is 42.5 Å². The Bertz CT molecular complexity index is 615. The van der Waals surface area contributed by atoms with E-state index < -0.39 is 17.5 Å². The van der Waals surface area contributed by atoms with Gasteiger partial charge >= 0.3 is 0 Å². The molecule has 6 heteroatoms. The Hall–Kier alpha value is -2.47. The monoisotopic (exact) mass is 278 g/mol. The normalized spacial score (nSPS) is 10.2. The van der Waals surface area contributed by atoms with E-state index in [1.165, 1.54) is 17.6 Å². The van der Waals surface area contributed by atoms with E-state index in [1.54, 1.807) is 12.1 Å². The zero-order chi connectivity index (χ0) is 14.5. The van der Waals surface area contributed by atoms with Gasteiger partial charge in [-0.25, -0.2) is 14.3 Å². The number of hydrogen-bond donors (Lipinski definition) is 3. The number of rotatable bonds is 4. The second-order valence-electron chi connectivity index (χ2n) is 4.11.